The molecule has 0 fully saturated rings. The van der Waals surface area contributed by atoms with Crippen molar-refractivity contribution in [1.29, 1.82) is 0 Å². The number of hydrogen-bond acceptors (Lipinski definition) is 3. The van der Waals surface area contributed by atoms with Crippen LogP contribution in [-0.2, 0) is 0 Å². The lowest BCUT2D eigenvalue weighted by Crippen LogP contribution is -2.58. The smallest absolute Gasteiger partial charge is 0.249 e. The van der Waals surface area contributed by atoms with Gasteiger partial charge in [0.05, 0.1) is 0 Å². The lowest BCUT2D eigenvalue weighted by molar-refractivity contribution is 1.41. The van der Waals surface area contributed by atoms with E-state index in [1.165, 1.54) is 74.4 Å². The Kier molecular flexibility index (Phi) is 4.11. The number of nitrogens with one attached hydrogen (secondary N) is 1. The van der Waals surface area contributed by atoms with Crippen LogP contribution in [-0.4, -0.2) is 6.71 Å². The van der Waals surface area contributed by atoms with Gasteiger partial charge in [0, 0.05) is 46.9 Å². The van der Waals surface area contributed by atoms with Gasteiger partial charge in [-0.25, -0.2) is 0 Å². The van der Waals surface area contributed by atoms with Gasteiger partial charge in [0.25, 0.3) is 0 Å². The van der Waals surface area contributed by atoms with Crippen molar-refractivity contribution in [1.82, 2.24) is 0 Å². The predicted molar refractivity (Wildman–Crippen MR) is 154 cm³/mol. The quantitative estimate of drug-likeness (QED) is 0.252. The molecule has 0 saturated carbocycles. The van der Waals surface area contributed by atoms with E-state index in [4.69, 9.17) is 0 Å². The van der Waals surface area contributed by atoms with Crippen molar-refractivity contribution in [2.24, 2.45) is 0 Å². The van der Waals surface area contributed by atoms with Crippen LogP contribution in [0.1, 0.15) is 5.56 Å². The molecule has 164 valence electrons. The second-order valence-corrected chi connectivity index (χ2v) is 11.6. The van der Waals surface area contributed by atoms with Gasteiger partial charge in [0.15, 0.2) is 0 Å². The van der Waals surface area contributed by atoms with E-state index < -0.39 is 0 Å². The van der Waals surface area contributed by atoms with Crippen LogP contribution >= 0.6 is 23.1 Å². The lowest BCUT2D eigenvalue weighted by Gasteiger charge is -2.34. The van der Waals surface area contributed by atoms with Crippen molar-refractivity contribution in [3.05, 3.63) is 103 Å². The van der Waals surface area contributed by atoms with Crippen molar-refractivity contribution in [2.75, 3.05) is 5.32 Å². The lowest BCUT2D eigenvalue weighted by atomic mass is 9.35. The molecule has 3 heterocycles. The van der Waals surface area contributed by atoms with Crippen molar-refractivity contribution >= 4 is 77.7 Å². The molecule has 0 amide bonds. The number of hydrogen-bond donors (Lipinski definition) is 1. The summed E-state index contributed by atoms with van der Waals surface area (Å²) >= 11 is 3.78. The van der Waals surface area contributed by atoms with Crippen LogP contribution in [0.5, 0.6) is 0 Å². The van der Waals surface area contributed by atoms with Crippen molar-refractivity contribution < 1.29 is 0 Å². The number of aryl methyl sites for hydroxylation is 1. The second-order valence-electron chi connectivity index (χ2n) is 9.45. The molecule has 4 heteroatoms. The molecule has 1 aromatic heterocycles. The predicted octanol–water partition coefficient (Wildman–Crippen LogP) is 7.07. The maximum atomic E-state index is 3.87. The first kappa shape index (κ1) is 19.8. The summed E-state index contributed by atoms with van der Waals surface area (Å²) in [6, 6.07) is 36.0. The summed E-state index contributed by atoms with van der Waals surface area (Å²) in [4.78, 5) is 2.72. The molecule has 0 aliphatic carbocycles. The third-order valence-electron chi connectivity index (χ3n) is 7.49. The zero-order valence-corrected chi connectivity index (χ0v) is 20.8. The molecule has 5 aromatic carbocycles. The number of thiophene rings is 1. The second kappa shape index (κ2) is 7.27. The molecule has 0 spiro atoms. The summed E-state index contributed by atoms with van der Waals surface area (Å²) in [6.07, 6.45) is 0. The van der Waals surface area contributed by atoms with E-state index in [9.17, 15) is 0 Å². The van der Waals surface area contributed by atoms with Crippen LogP contribution in [0, 0.1) is 6.92 Å². The van der Waals surface area contributed by atoms with Crippen molar-refractivity contribution in [3.63, 3.8) is 0 Å². The Morgan fingerprint density at radius 3 is 2.43 bits per heavy atom. The molecule has 0 atom stereocenters. The summed E-state index contributed by atoms with van der Waals surface area (Å²) in [5.41, 5.74) is 10.6. The van der Waals surface area contributed by atoms with Gasteiger partial charge >= 0.3 is 0 Å². The van der Waals surface area contributed by atoms with Crippen LogP contribution in [0.25, 0.3) is 31.3 Å². The first-order chi connectivity index (χ1) is 17.3. The van der Waals surface area contributed by atoms with Crippen LogP contribution in [0.4, 0.5) is 11.4 Å². The molecule has 8 rings (SSSR count). The van der Waals surface area contributed by atoms with E-state index in [2.05, 4.69) is 109 Å². The third-order valence-corrected chi connectivity index (χ3v) is 9.79. The Labute approximate surface area is 212 Å². The number of rotatable bonds is 1. The third kappa shape index (κ3) is 2.78. The van der Waals surface area contributed by atoms with E-state index in [0.29, 0.717) is 0 Å². The summed E-state index contributed by atoms with van der Waals surface area (Å²) < 4.78 is 2.70. The fourth-order valence-corrected chi connectivity index (χ4v) is 8.23. The zero-order valence-electron chi connectivity index (χ0n) is 19.1. The Hall–Kier alpha value is -3.47. The molecule has 0 bridgehead atoms. The fraction of sp³-hybridized carbons (Fsp3) is 0.0323. The highest BCUT2D eigenvalue weighted by atomic mass is 32.2. The molecule has 2 aliphatic heterocycles. The molecule has 0 unspecified atom stereocenters. The minimum Gasteiger partial charge on any atom is -0.356 e. The zero-order chi connectivity index (χ0) is 23.1. The van der Waals surface area contributed by atoms with E-state index in [1.807, 2.05) is 23.1 Å². The Balaban J connectivity index is 1.39. The van der Waals surface area contributed by atoms with E-state index in [1.54, 1.807) is 0 Å². The van der Waals surface area contributed by atoms with Gasteiger partial charge < -0.3 is 5.32 Å². The molecule has 1 N–H and O–H groups in total. The van der Waals surface area contributed by atoms with E-state index in [0.717, 1.165) is 0 Å². The van der Waals surface area contributed by atoms with Crippen LogP contribution in [0.3, 0.4) is 0 Å². The van der Waals surface area contributed by atoms with Gasteiger partial charge in [-0.2, -0.15) is 0 Å². The summed E-state index contributed by atoms with van der Waals surface area (Å²) in [5, 5.41) is 6.58. The molecule has 0 saturated heterocycles. The fourth-order valence-electron chi connectivity index (χ4n) is 5.93. The highest BCUT2D eigenvalue weighted by Gasteiger charge is 2.38. The number of anilines is 2. The van der Waals surface area contributed by atoms with Gasteiger partial charge in [-0.3, -0.25) is 0 Å². The molecule has 35 heavy (non-hydrogen) atoms. The minimum atomic E-state index is 0.253. The highest BCUT2D eigenvalue weighted by molar-refractivity contribution is 8.00. The highest BCUT2D eigenvalue weighted by Crippen LogP contribution is 2.42. The molecule has 6 aromatic rings. The first-order valence-electron chi connectivity index (χ1n) is 12.0. The van der Waals surface area contributed by atoms with Crippen LogP contribution in [0.2, 0.25) is 0 Å². The van der Waals surface area contributed by atoms with Crippen LogP contribution < -0.4 is 21.7 Å². The number of para-hydroxylation sites is 1. The Morgan fingerprint density at radius 1 is 0.657 bits per heavy atom. The van der Waals surface area contributed by atoms with Crippen molar-refractivity contribution in [3.8, 4) is 11.1 Å². The summed E-state index contributed by atoms with van der Waals surface area (Å²) in [7, 11) is 0. The summed E-state index contributed by atoms with van der Waals surface area (Å²) in [6.45, 7) is 2.50. The van der Waals surface area contributed by atoms with Crippen molar-refractivity contribution in [2.45, 2.75) is 16.7 Å². The van der Waals surface area contributed by atoms with E-state index in [-0.39, 0.29) is 6.71 Å². The Morgan fingerprint density at radius 2 is 1.46 bits per heavy atom. The van der Waals surface area contributed by atoms with Crippen LogP contribution in [0.15, 0.2) is 107 Å². The normalized spacial score (nSPS) is 13.3. The Bertz CT molecular complexity index is 1830. The molecule has 2 aliphatic rings. The molecule has 0 radical (unpaired) electrons. The first-order valence-corrected chi connectivity index (χ1v) is 13.6. The standard InChI is InChI=1S/C31H20BNS2/c1-18-16-22-19-8-2-4-13-26(19)34-29(22)17-21(18)20-9-6-11-24-31(20)33-25-12-7-15-28-30(25)32(24)23-10-3-5-14-27(23)35-28/h2-17,33H,1H3. The maximum absolute atomic E-state index is 3.87. The van der Waals surface area contributed by atoms with E-state index >= 15 is 0 Å². The van der Waals surface area contributed by atoms with Gasteiger partial charge in [-0.1, -0.05) is 77.9 Å². The van der Waals surface area contributed by atoms with Gasteiger partial charge in [-0.05, 0) is 65.4 Å². The average molecular weight is 481 g/mol. The largest absolute Gasteiger partial charge is 0.356 e. The summed E-state index contributed by atoms with van der Waals surface area (Å²) in [5.74, 6) is 0. The topological polar surface area (TPSA) is 12.0 Å². The maximum Gasteiger partial charge on any atom is 0.249 e. The minimum absolute atomic E-state index is 0.253. The van der Waals surface area contributed by atoms with Gasteiger partial charge in [-0.15, -0.1) is 11.3 Å². The number of fused-ring (bicyclic) bond motifs is 7. The van der Waals surface area contributed by atoms with Gasteiger partial charge in [0.2, 0.25) is 6.71 Å². The monoisotopic (exact) mass is 481 g/mol. The SMILES string of the molecule is Cc1cc2c(cc1-c1cccc3c1Nc1cccc4c1B3c1ccccc1S4)sc1ccccc12. The molecular formula is C31H20BNS2. The molecular weight excluding hydrogens is 461 g/mol. The number of benzene rings is 5. The average Bonchev–Trinajstić information content (AvgIpc) is 3.25. The molecule has 1 nitrogen and oxygen atoms in total. The van der Waals surface area contributed by atoms with Gasteiger partial charge in [0.1, 0.15) is 0 Å².